The largest absolute Gasteiger partial charge is 0.468 e. The van der Waals surface area contributed by atoms with Crippen LogP contribution in [0.1, 0.15) is 36.5 Å². The van der Waals surface area contributed by atoms with Crippen LogP contribution in [0.15, 0.2) is 94.8 Å². The summed E-state index contributed by atoms with van der Waals surface area (Å²) in [7, 11) is 1.32. The van der Waals surface area contributed by atoms with Gasteiger partial charge in [-0.05, 0) is 12.5 Å². The van der Waals surface area contributed by atoms with Crippen molar-refractivity contribution in [2.45, 2.75) is 35.4 Å². The van der Waals surface area contributed by atoms with Crippen molar-refractivity contribution in [1.82, 2.24) is 0 Å². The van der Waals surface area contributed by atoms with Crippen molar-refractivity contribution in [3.8, 4) is 11.8 Å². The number of aliphatic imine (C=N–C) groups is 1. The topological polar surface area (TPSA) is 65.0 Å². The van der Waals surface area contributed by atoms with Crippen molar-refractivity contribution in [3.63, 3.8) is 0 Å². The normalized spacial score (nSPS) is 17.8. The van der Waals surface area contributed by atoms with Crippen LogP contribution in [0.3, 0.4) is 0 Å². The number of carbonyl (C=O) groups excluding carboxylic acids is 2. The first-order valence-electron chi connectivity index (χ1n) is 11.8. The summed E-state index contributed by atoms with van der Waals surface area (Å²) >= 11 is 1.27. The molecule has 1 aliphatic rings. The van der Waals surface area contributed by atoms with Crippen LogP contribution in [0.5, 0.6) is 0 Å². The molecule has 0 spiro atoms. The molecule has 0 saturated heterocycles. The molecule has 182 valence electrons. The molecule has 36 heavy (non-hydrogen) atoms. The molecule has 0 saturated carbocycles. The van der Waals surface area contributed by atoms with E-state index >= 15 is 0 Å². The van der Waals surface area contributed by atoms with E-state index in [9.17, 15) is 9.59 Å². The molecule has 0 unspecified atom stereocenters. The number of thioether (sulfide) groups is 1. The van der Waals surface area contributed by atoms with E-state index < -0.39 is 22.7 Å². The number of hydrogen-bond acceptors (Lipinski definition) is 6. The van der Waals surface area contributed by atoms with Gasteiger partial charge in [0, 0.05) is 28.0 Å². The number of esters is 2. The molecule has 0 fully saturated rings. The summed E-state index contributed by atoms with van der Waals surface area (Å²) < 4.78 is 10.8. The van der Waals surface area contributed by atoms with Gasteiger partial charge in [-0.1, -0.05) is 97.6 Å². The van der Waals surface area contributed by atoms with Crippen LogP contribution < -0.4 is 0 Å². The third kappa shape index (κ3) is 5.07. The first-order chi connectivity index (χ1) is 17.6. The number of rotatable bonds is 7. The van der Waals surface area contributed by atoms with Gasteiger partial charge in [-0.2, -0.15) is 0 Å². The van der Waals surface area contributed by atoms with Crippen molar-refractivity contribution in [1.29, 1.82) is 0 Å². The quantitative estimate of drug-likeness (QED) is 0.248. The molecule has 0 radical (unpaired) electrons. The Labute approximate surface area is 215 Å². The summed E-state index contributed by atoms with van der Waals surface area (Å²) in [6.45, 7) is 1.95. The zero-order valence-corrected chi connectivity index (χ0v) is 21.1. The van der Waals surface area contributed by atoms with Crippen molar-refractivity contribution >= 4 is 29.4 Å². The highest BCUT2D eigenvalue weighted by atomic mass is 32.2. The maximum atomic E-state index is 14.0. The fourth-order valence-electron chi connectivity index (χ4n) is 4.09. The number of hydrogen-bond donors (Lipinski definition) is 0. The number of methoxy groups -OCH3 is 1. The van der Waals surface area contributed by atoms with Gasteiger partial charge in [-0.15, -0.1) is 11.8 Å². The summed E-state index contributed by atoms with van der Waals surface area (Å²) in [5, 5.41) is -0.960. The molecule has 2 atom stereocenters. The van der Waals surface area contributed by atoms with E-state index in [0.29, 0.717) is 11.3 Å². The van der Waals surface area contributed by atoms with Gasteiger partial charge in [0.2, 0.25) is 5.54 Å². The molecule has 0 N–H and O–H groups in total. The molecule has 0 aromatic heterocycles. The van der Waals surface area contributed by atoms with Gasteiger partial charge in [0.1, 0.15) is 5.25 Å². The highest BCUT2D eigenvalue weighted by Gasteiger charge is 2.59. The summed E-state index contributed by atoms with van der Waals surface area (Å²) in [5.41, 5.74) is 1.17. The minimum absolute atomic E-state index is 0.0805. The van der Waals surface area contributed by atoms with Crippen molar-refractivity contribution in [2.75, 3.05) is 13.7 Å². The Bertz CT molecular complexity index is 1270. The van der Waals surface area contributed by atoms with Gasteiger partial charge in [-0.3, -0.25) is 9.79 Å². The van der Waals surface area contributed by atoms with E-state index in [1.807, 2.05) is 91.9 Å². The van der Waals surface area contributed by atoms with Gasteiger partial charge in [-0.25, -0.2) is 4.79 Å². The standard InChI is InChI=1S/C30H27NO4S/c1-3-4-5-14-21-35-29(33)30(24-19-12-13-20-25(24)36-27(30)28(32)34-2)31-26(22-15-8-6-9-16-22)23-17-10-7-11-18-23/h6-13,15-20,27H,3-4,21H2,1-2H3/t27-,30+/m0/s1. The molecule has 0 amide bonds. The van der Waals surface area contributed by atoms with E-state index in [-0.39, 0.29) is 6.61 Å². The molecular weight excluding hydrogens is 470 g/mol. The van der Waals surface area contributed by atoms with E-state index in [0.717, 1.165) is 28.9 Å². The Hall–Kier alpha value is -3.82. The summed E-state index contributed by atoms with van der Waals surface area (Å²) in [6.07, 6.45) is 1.64. The number of nitrogens with zero attached hydrogens (tertiary/aromatic N) is 1. The van der Waals surface area contributed by atoms with Crippen molar-refractivity contribution in [3.05, 3.63) is 102 Å². The lowest BCUT2D eigenvalue weighted by Gasteiger charge is -2.29. The highest BCUT2D eigenvalue weighted by Crippen LogP contribution is 2.52. The lowest BCUT2D eigenvalue weighted by atomic mass is 9.86. The molecule has 1 heterocycles. The summed E-state index contributed by atoms with van der Waals surface area (Å²) in [4.78, 5) is 33.0. The summed E-state index contributed by atoms with van der Waals surface area (Å²) in [6, 6.07) is 26.6. The predicted octanol–water partition coefficient (Wildman–Crippen LogP) is 5.41. The lowest BCUT2D eigenvalue weighted by Crippen LogP contribution is -2.47. The van der Waals surface area contributed by atoms with Crippen molar-refractivity contribution in [2.24, 2.45) is 4.99 Å². The summed E-state index contributed by atoms with van der Waals surface area (Å²) in [5.74, 6) is 4.70. The number of fused-ring (bicyclic) bond motifs is 1. The third-order valence-electron chi connectivity index (χ3n) is 5.81. The van der Waals surface area contributed by atoms with Crippen LogP contribution in [0.4, 0.5) is 0 Å². The monoisotopic (exact) mass is 497 g/mol. The van der Waals surface area contributed by atoms with Gasteiger partial charge < -0.3 is 9.47 Å². The second kappa shape index (κ2) is 11.7. The number of carbonyl (C=O) groups is 2. The van der Waals surface area contributed by atoms with Gasteiger partial charge in [0.15, 0.2) is 6.61 Å². The van der Waals surface area contributed by atoms with Gasteiger partial charge >= 0.3 is 11.9 Å². The van der Waals surface area contributed by atoms with Crippen LogP contribution in [0.25, 0.3) is 0 Å². The van der Waals surface area contributed by atoms with Crippen LogP contribution in [-0.4, -0.2) is 36.6 Å². The van der Waals surface area contributed by atoms with Crippen molar-refractivity contribution < 1.29 is 19.1 Å². The maximum absolute atomic E-state index is 14.0. The number of ether oxygens (including phenoxy) is 2. The average Bonchev–Trinajstić information content (AvgIpc) is 3.27. The molecule has 3 aromatic rings. The second-order valence-electron chi connectivity index (χ2n) is 8.16. The Morgan fingerprint density at radius 1 is 0.917 bits per heavy atom. The highest BCUT2D eigenvalue weighted by molar-refractivity contribution is 8.01. The fraction of sp³-hybridized carbons (Fsp3) is 0.233. The Morgan fingerprint density at radius 2 is 1.53 bits per heavy atom. The number of benzene rings is 3. The van der Waals surface area contributed by atoms with E-state index in [4.69, 9.17) is 14.5 Å². The van der Waals surface area contributed by atoms with Crippen LogP contribution >= 0.6 is 11.8 Å². The third-order valence-corrected chi connectivity index (χ3v) is 7.19. The molecule has 5 nitrogen and oxygen atoms in total. The van der Waals surface area contributed by atoms with E-state index in [1.54, 1.807) is 0 Å². The SMILES string of the molecule is CCCC#CCOC(=O)[C@@]1(N=C(c2ccccc2)c2ccccc2)c2ccccc2S[C@H]1C(=O)OC. The molecule has 4 rings (SSSR count). The molecule has 0 bridgehead atoms. The Balaban J connectivity index is 1.95. The second-order valence-corrected chi connectivity index (χ2v) is 9.30. The average molecular weight is 498 g/mol. The molecule has 6 heteroatoms. The first kappa shape index (κ1) is 25.3. The fourth-order valence-corrected chi connectivity index (χ4v) is 5.49. The van der Waals surface area contributed by atoms with Crippen LogP contribution in [0, 0.1) is 11.8 Å². The molecule has 3 aromatic carbocycles. The maximum Gasteiger partial charge on any atom is 0.341 e. The van der Waals surface area contributed by atoms with Gasteiger partial charge in [0.05, 0.1) is 12.8 Å². The van der Waals surface area contributed by atoms with Gasteiger partial charge in [0.25, 0.3) is 0 Å². The van der Waals surface area contributed by atoms with E-state index in [2.05, 4.69) is 11.8 Å². The molecule has 1 aliphatic heterocycles. The zero-order valence-electron chi connectivity index (χ0n) is 20.3. The lowest BCUT2D eigenvalue weighted by molar-refractivity contribution is -0.154. The Morgan fingerprint density at radius 3 is 2.14 bits per heavy atom. The molecule has 0 aliphatic carbocycles. The minimum Gasteiger partial charge on any atom is -0.468 e. The van der Waals surface area contributed by atoms with E-state index in [1.165, 1.54) is 18.9 Å². The number of unbranched alkanes of at least 4 members (excludes halogenated alkanes) is 1. The first-order valence-corrected chi connectivity index (χ1v) is 12.7. The van der Waals surface area contributed by atoms with Crippen LogP contribution in [0.2, 0.25) is 0 Å². The van der Waals surface area contributed by atoms with Crippen LogP contribution in [-0.2, 0) is 24.6 Å². The zero-order chi connectivity index (χ0) is 25.4. The Kier molecular flexibility index (Phi) is 8.24. The smallest absolute Gasteiger partial charge is 0.341 e. The molecular formula is C30H27NO4S. The minimum atomic E-state index is -1.65. The predicted molar refractivity (Wildman–Crippen MR) is 142 cm³/mol.